The smallest absolute Gasteiger partial charge is 0.222 e. The Bertz CT molecular complexity index is 212. The molecule has 2 N–H and O–H groups in total. The van der Waals surface area contributed by atoms with E-state index in [2.05, 4.69) is 5.32 Å². The molecule has 1 aliphatic heterocycles. The molecule has 0 aromatic rings. The van der Waals surface area contributed by atoms with Crippen molar-refractivity contribution < 1.29 is 14.6 Å². The van der Waals surface area contributed by atoms with Gasteiger partial charge in [-0.2, -0.15) is 0 Å². The number of nitrogens with one attached hydrogen (secondary N) is 1. The van der Waals surface area contributed by atoms with Crippen LogP contribution in [-0.2, 0) is 9.53 Å². The van der Waals surface area contributed by atoms with Gasteiger partial charge in [-0.25, -0.2) is 0 Å². The van der Waals surface area contributed by atoms with Crippen molar-refractivity contribution in [2.45, 2.75) is 51.7 Å². The van der Waals surface area contributed by atoms with Crippen LogP contribution < -0.4 is 5.32 Å². The van der Waals surface area contributed by atoms with Crippen LogP contribution in [0.3, 0.4) is 0 Å². The number of hydrogen-bond acceptors (Lipinski definition) is 3. The Hall–Kier alpha value is -0.610. The number of aliphatic hydroxyl groups excluding tert-OH is 1. The summed E-state index contributed by atoms with van der Waals surface area (Å²) in [5.41, 5.74) is 0. The Kier molecular flexibility index (Phi) is 5.77. The van der Waals surface area contributed by atoms with Gasteiger partial charge < -0.3 is 15.2 Å². The summed E-state index contributed by atoms with van der Waals surface area (Å²) in [5, 5.41) is 12.3. The van der Waals surface area contributed by atoms with Gasteiger partial charge in [0.2, 0.25) is 5.91 Å². The number of aliphatic hydroxyl groups is 1. The quantitative estimate of drug-likeness (QED) is 0.741. The maximum Gasteiger partial charge on any atom is 0.222 e. The summed E-state index contributed by atoms with van der Waals surface area (Å²) < 4.78 is 5.48. The van der Waals surface area contributed by atoms with E-state index in [0.29, 0.717) is 13.0 Å². The Labute approximate surface area is 97.4 Å². The third-order valence-electron chi connectivity index (χ3n) is 2.96. The lowest BCUT2D eigenvalue weighted by Crippen LogP contribution is -2.37. The molecule has 4 heteroatoms. The highest BCUT2D eigenvalue weighted by molar-refractivity contribution is 5.76. The van der Waals surface area contributed by atoms with Gasteiger partial charge in [-0.05, 0) is 25.2 Å². The zero-order chi connectivity index (χ0) is 12.0. The third kappa shape index (κ3) is 4.94. The molecule has 0 aromatic heterocycles. The Morgan fingerprint density at radius 2 is 2.25 bits per heavy atom. The first-order chi connectivity index (χ1) is 7.59. The first kappa shape index (κ1) is 13.5. The van der Waals surface area contributed by atoms with Crippen LogP contribution >= 0.6 is 0 Å². The van der Waals surface area contributed by atoms with Crippen LogP contribution in [0.5, 0.6) is 0 Å². The van der Waals surface area contributed by atoms with E-state index in [1.807, 2.05) is 13.8 Å². The molecule has 94 valence electrons. The van der Waals surface area contributed by atoms with Crippen molar-refractivity contribution in [3.05, 3.63) is 0 Å². The molecule has 2 unspecified atom stereocenters. The lowest BCUT2D eigenvalue weighted by Gasteiger charge is -2.22. The summed E-state index contributed by atoms with van der Waals surface area (Å²) in [7, 11) is 0. The van der Waals surface area contributed by atoms with Crippen LogP contribution in [0, 0.1) is 5.92 Å². The number of hydrogen-bond donors (Lipinski definition) is 2. The largest absolute Gasteiger partial charge is 0.391 e. The van der Waals surface area contributed by atoms with Crippen LogP contribution in [0.2, 0.25) is 0 Å². The summed E-state index contributed by atoms with van der Waals surface area (Å²) >= 11 is 0. The Balaban J connectivity index is 2.14. The summed E-state index contributed by atoms with van der Waals surface area (Å²) in [4.78, 5) is 11.5. The SMILES string of the molecule is CC(C)C(O)CNC(=O)CC1CCCCO1. The van der Waals surface area contributed by atoms with Crippen molar-refractivity contribution in [3.63, 3.8) is 0 Å². The molecular formula is C12H23NO3. The van der Waals surface area contributed by atoms with Crippen molar-refractivity contribution >= 4 is 5.91 Å². The van der Waals surface area contributed by atoms with E-state index < -0.39 is 6.10 Å². The van der Waals surface area contributed by atoms with E-state index in [1.54, 1.807) is 0 Å². The molecule has 1 heterocycles. The molecular weight excluding hydrogens is 206 g/mol. The van der Waals surface area contributed by atoms with Crippen LogP contribution in [0.15, 0.2) is 0 Å². The topological polar surface area (TPSA) is 58.6 Å². The fraction of sp³-hybridized carbons (Fsp3) is 0.917. The molecule has 0 radical (unpaired) electrons. The second-order valence-corrected chi connectivity index (χ2v) is 4.81. The molecule has 4 nitrogen and oxygen atoms in total. The minimum Gasteiger partial charge on any atom is -0.391 e. The highest BCUT2D eigenvalue weighted by atomic mass is 16.5. The molecule has 1 amide bonds. The number of rotatable bonds is 5. The average molecular weight is 229 g/mol. The third-order valence-corrected chi connectivity index (χ3v) is 2.96. The van der Waals surface area contributed by atoms with Crippen molar-refractivity contribution in [1.29, 1.82) is 0 Å². The normalized spacial score (nSPS) is 23.1. The lowest BCUT2D eigenvalue weighted by atomic mass is 10.1. The molecule has 2 atom stereocenters. The summed E-state index contributed by atoms with van der Waals surface area (Å²) in [6, 6.07) is 0. The van der Waals surface area contributed by atoms with Gasteiger partial charge in [0.15, 0.2) is 0 Å². The van der Waals surface area contributed by atoms with E-state index in [4.69, 9.17) is 4.74 Å². The monoisotopic (exact) mass is 229 g/mol. The van der Waals surface area contributed by atoms with Gasteiger partial charge in [-0.3, -0.25) is 4.79 Å². The van der Waals surface area contributed by atoms with Crippen molar-refractivity contribution in [3.8, 4) is 0 Å². The van der Waals surface area contributed by atoms with Gasteiger partial charge in [0.1, 0.15) is 0 Å². The van der Waals surface area contributed by atoms with Crippen molar-refractivity contribution in [2.24, 2.45) is 5.92 Å². The first-order valence-corrected chi connectivity index (χ1v) is 6.16. The molecule has 1 aliphatic rings. The molecule has 0 saturated carbocycles. The van der Waals surface area contributed by atoms with Gasteiger partial charge >= 0.3 is 0 Å². The first-order valence-electron chi connectivity index (χ1n) is 6.16. The maximum atomic E-state index is 11.5. The summed E-state index contributed by atoms with van der Waals surface area (Å²) in [5.74, 6) is 0.151. The van der Waals surface area contributed by atoms with Crippen LogP contribution in [0.4, 0.5) is 0 Å². The molecule has 0 aliphatic carbocycles. The van der Waals surface area contributed by atoms with Gasteiger partial charge in [0, 0.05) is 13.2 Å². The van der Waals surface area contributed by atoms with Gasteiger partial charge in [0.05, 0.1) is 18.6 Å². The standard InChI is InChI=1S/C12H23NO3/c1-9(2)11(14)8-13-12(15)7-10-5-3-4-6-16-10/h9-11,14H,3-8H2,1-2H3,(H,13,15). The fourth-order valence-corrected chi connectivity index (χ4v) is 1.70. The number of carbonyl (C=O) groups is 1. The minimum absolute atomic E-state index is 0.0217. The van der Waals surface area contributed by atoms with Gasteiger partial charge in [-0.1, -0.05) is 13.8 Å². The summed E-state index contributed by atoms with van der Waals surface area (Å²) in [6.07, 6.45) is 3.25. The molecule has 0 aromatic carbocycles. The average Bonchev–Trinajstić information content (AvgIpc) is 2.27. The number of amides is 1. The minimum atomic E-state index is -0.462. The molecule has 16 heavy (non-hydrogen) atoms. The van der Waals surface area contributed by atoms with Crippen molar-refractivity contribution in [1.82, 2.24) is 5.32 Å². The molecule has 1 rings (SSSR count). The molecule has 0 spiro atoms. The second-order valence-electron chi connectivity index (χ2n) is 4.81. The lowest BCUT2D eigenvalue weighted by molar-refractivity contribution is -0.125. The highest BCUT2D eigenvalue weighted by Crippen LogP contribution is 2.15. The van der Waals surface area contributed by atoms with Crippen LogP contribution in [0.25, 0.3) is 0 Å². The van der Waals surface area contributed by atoms with E-state index >= 15 is 0 Å². The number of carbonyl (C=O) groups excluding carboxylic acids is 1. The fourth-order valence-electron chi connectivity index (χ4n) is 1.70. The predicted octanol–water partition coefficient (Wildman–Crippen LogP) is 1.08. The van der Waals surface area contributed by atoms with E-state index in [-0.39, 0.29) is 17.9 Å². The van der Waals surface area contributed by atoms with E-state index in [0.717, 1.165) is 25.9 Å². The molecule has 1 saturated heterocycles. The van der Waals surface area contributed by atoms with Crippen molar-refractivity contribution in [2.75, 3.05) is 13.2 Å². The van der Waals surface area contributed by atoms with Gasteiger partial charge in [-0.15, -0.1) is 0 Å². The Morgan fingerprint density at radius 3 is 2.81 bits per heavy atom. The maximum absolute atomic E-state index is 11.5. The van der Waals surface area contributed by atoms with Gasteiger partial charge in [0.25, 0.3) is 0 Å². The van der Waals surface area contributed by atoms with Crippen LogP contribution in [-0.4, -0.2) is 36.4 Å². The Morgan fingerprint density at radius 1 is 1.50 bits per heavy atom. The van der Waals surface area contributed by atoms with E-state index in [9.17, 15) is 9.90 Å². The van der Waals surface area contributed by atoms with Crippen LogP contribution in [0.1, 0.15) is 39.5 Å². The molecule has 0 bridgehead atoms. The van der Waals surface area contributed by atoms with E-state index in [1.165, 1.54) is 0 Å². The zero-order valence-electron chi connectivity index (χ0n) is 10.2. The predicted molar refractivity (Wildman–Crippen MR) is 62.1 cm³/mol. The number of ether oxygens (including phenoxy) is 1. The highest BCUT2D eigenvalue weighted by Gasteiger charge is 2.18. The second kappa shape index (κ2) is 6.86. The summed E-state index contributed by atoms with van der Waals surface area (Å²) in [6.45, 7) is 4.97. The zero-order valence-corrected chi connectivity index (χ0v) is 10.2. The molecule has 1 fully saturated rings.